The van der Waals surface area contributed by atoms with Crippen LogP contribution in [-0.4, -0.2) is 42.0 Å². The van der Waals surface area contributed by atoms with Gasteiger partial charge in [-0.15, -0.1) is 11.6 Å². The van der Waals surface area contributed by atoms with Gasteiger partial charge in [-0.3, -0.25) is 4.79 Å². The van der Waals surface area contributed by atoms with E-state index in [1.807, 2.05) is 11.8 Å². The number of hydrogen-bond donors (Lipinski definition) is 0. The first-order chi connectivity index (χ1) is 6.65. The third-order valence-corrected chi connectivity index (χ3v) is 2.62. The number of amides is 1. The molecule has 1 rings (SSSR count). The Labute approximate surface area is 90.4 Å². The van der Waals surface area contributed by atoms with Gasteiger partial charge < -0.3 is 9.64 Å². The van der Waals surface area contributed by atoms with E-state index in [2.05, 4.69) is 0 Å². The zero-order valence-corrected chi connectivity index (χ0v) is 9.59. The van der Waals surface area contributed by atoms with Gasteiger partial charge in [0.25, 0.3) is 0 Å². The summed E-state index contributed by atoms with van der Waals surface area (Å²) in [4.78, 5) is 13.4. The summed E-state index contributed by atoms with van der Waals surface area (Å²) in [5.74, 6) is 0.0241. The summed E-state index contributed by atoms with van der Waals surface area (Å²) in [6.07, 6.45) is 2.27. The van der Waals surface area contributed by atoms with Gasteiger partial charge >= 0.3 is 0 Å². The maximum Gasteiger partial charge on any atom is 0.240 e. The van der Waals surface area contributed by atoms with Crippen LogP contribution in [0.4, 0.5) is 0 Å². The molecule has 0 aromatic rings. The highest BCUT2D eigenvalue weighted by atomic mass is 35.5. The average molecular weight is 220 g/mol. The van der Waals surface area contributed by atoms with E-state index in [0.29, 0.717) is 13.2 Å². The van der Waals surface area contributed by atoms with Gasteiger partial charge in [-0.05, 0) is 26.7 Å². The lowest BCUT2D eigenvalue weighted by Gasteiger charge is -2.33. The molecule has 14 heavy (non-hydrogen) atoms. The molecule has 4 heteroatoms. The van der Waals surface area contributed by atoms with Gasteiger partial charge in [0.2, 0.25) is 5.91 Å². The van der Waals surface area contributed by atoms with Gasteiger partial charge in [-0.25, -0.2) is 0 Å². The van der Waals surface area contributed by atoms with Gasteiger partial charge in [-0.1, -0.05) is 0 Å². The Morgan fingerprint density at radius 3 is 3.00 bits per heavy atom. The molecular weight excluding hydrogens is 202 g/mol. The van der Waals surface area contributed by atoms with Crippen molar-refractivity contribution in [2.24, 2.45) is 0 Å². The fraction of sp³-hybridized carbons (Fsp3) is 0.900. The van der Waals surface area contributed by atoms with Crippen molar-refractivity contribution in [2.75, 3.05) is 19.7 Å². The van der Waals surface area contributed by atoms with E-state index in [0.717, 1.165) is 19.4 Å². The first-order valence-electron chi connectivity index (χ1n) is 5.19. The molecule has 1 aliphatic rings. The monoisotopic (exact) mass is 219 g/mol. The van der Waals surface area contributed by atoms with Crippen molar-refractivity contribution in [2.45, 2.75) is 38.2 Å². The Kier molecular flexibility index (Phi) is 4.69. The van der Waals surface area contributed by atoms with Crippen molar-refractivity contribution >= 4 is 17.5 Å². The summed E-state index contributed by atoms with van der Waals surface area (Å²) in [7, 11) is 0. The van der Waals surface area contributed by atoms with E-state index in [9.17, 15) is 4.79 Å². The van der Waals surface area contributed by atoms with Crippen LogP contribution in [-0.2, 0) is 9.53 Å². The van der Waals surface area contributed by atoms with Crippen LogP contribution < -0.4 is 0 Å². The summed E-state index contributed by atoms with van der Waals surface area (Å²) in [6.45, 7) is 5.92. The number of alkyl halides is 1. The number of nitrogens with zero attached hydrogens (tertiary/aromatic N) is 1. The molecule has 1 fully saturated rings. The summed E-state index contributed by atoms with van der Waals surface area (Å²) in [6, 6.07) is 0. The van der Waals surface area contributed by atoms with Crippen LogP contribution in [0.2, 0.25) is 0 Å². The van der Waals surface area contributed by atoms with Crippen LogP contribution >= 0.6 is 11.6 Å². The number of rotatable bonds is 3. The van der Waals surface area contributed by atoms with Gasteiger partial charge in [0, 0.05) is 19.7 Å². The second-order valence-corrected chi connectivity index (χ2v) is 4.27. The quantitative estimate of drug-likeness (QED) is 0.676. The van der Waals surface area contributed by atoms with Crippen LogP contribution in [0.3, 0.4) is 0 Å². The number of carbonyl (C=O) groups is 1. The molecule has 0 aromatic heterocycles. The fourth-order valence-corrected chi connectivity index (χ4v) is 1.90. The molecule has 2 atom stereocenters. The maximum absolute atomic E-state index is 11.6. The Morgan fingerprint density at radius 2 is 2.43 bits per heavy atom. The predicted molar refractivity (Wildman–Crippen MR) is 56.5 cm³/mol. The third-order valence-electron chi connectivity index (χ3n) is 2.43. The molecule has 2 unspecified atom stereocenters. The number of hydrogen-bond acceptors (Lipinski definition) is 2. The predicted octanol–water partition coefficient (Wildman–Crippen LogP) is 1.64. The third kappa shape index (κ3) is 3.14. The smallest absolute Gasteiger partial charge is 0.240 e. The van der Waals surface area contributed by atoms with E-state index < -0.39 is 5.38 Å². The molecule has 1 aliphatic heterocycles. The Hall–Kier alpha value is -0.280. The topological polar surface area (TPSA) is 29.5 Å². The molecule has 1 heterocycles. The minimum atomic E-state index is -0.421. The zero-order valence-electron chi connectivity index (χ0n) is 8.83. The van der Waals surface area contributed by atoms with Crippen molar-refractivity contribution in [3.63, 3.8) is 0 Å². The largest absolute Gasteiger partial charge is 0.377 e. The van der Waals surface area contributed by atoms with Gasteiger partial charge in [-0.2, -0.15) is 0 Å². The number of ether oxygens (including phenoxy) is 1. The number of halogens is 1. The normalized spacial score (nSPS) is 24.8. The molecule has 0 bridgehead atoms. The summed E-state index contributed by atoms with van der Waals surface area (Å²) >= 11 is 5.75. The van der Waals surface area contributed by atoms with Crippen molar-refractivity contribution in [1.29, 1.82) is 0 Å². The second-order valence-electron chi connectivity index (χ2n) is 3.62. The van der Waals surface area contributed by atoms with Crippen LogP contribution in [0.15, 0.2) is 0 Å². The molecule has 1 saturated heterocycles. The maximum atomic E-state index is 11.6. The van der Waals surface area contributed by atoms with Crippen molar-refractivity contribution in [3.05, 3.63) is 0 Å². The van der Waals surface area contributed by atoms with Gasteiger partial charge in [0.15, 0.2) is 0 Å². The highest BCUT2D eigenvalue weighted by Gasteiger charge is 2.25. The first-order valence-corrected chi connectivity index (χ1v) is 5.63. The molecular formula is C10H18ClNO2. The molecule has 0 aromatic carbocycles. The van der Waals surface area contributed by atoms with E-state index in [4.69, 9.17) is 16.3 Å². The van der Waals surface area contributed by atoms with E-state index in [-0.39, 0.29) is 12.0 Å². The Balaban J connectivity index is 2.43. The lowest BCUT2D eigenvalue weighted by atomic mass is 10.1. The lowest BCUT2D eigenvalue weighted by molar-refractivity contribution is -0.134. The second kappa shape index (κ2) is 5.56. The molecule has 0 saturated carbocycles. The first kappa shape index (κ1) is 11.8. The van der Waals surface area contributed by atoms with E-state index in [1.165, 1.54) is 0 Å². The van der Waals surface area contributed by atoms with E-state index in [1.54, 1.807) is 6.92 Å². The minimum absolute atomic E-state index is 0.0241. The highest BCUT2D eigenvalue weighted by Crippen LogP contribution is 2.15. The van der Waals surface area contributed by atoms with Crippen molar-refractivity contribution in [3.8, 4) is 0 Å². The van der Waals surface area contributed by atoms with Gasteiger partial charge in [0.1, 0.15) is 5.38 Å². The molecule has 1 amide bonds. The standard InChI is InChI=1S/C10H18ClNO2/c1-3-14-9-5-4-6-12(7-9)10(13)8(2)11/h8-9H,3-7H2,1-2H3. The molecule has 0 aliphatic carbocycles. The number of carbonyl (C=O) groups excluding carboxylic acids is 1. The number of piperidine rings is 1. The summed E-state index contributed by atoms with van der Waals surface area (Å²) in [5.41, 5.74) is 0. The van der Waals surface area contributed by atoms with Crippen LogP contribution in [0.5, 0.6) is 0 Å². The lowest BCUT2D eigenvalue weighted by Crippen LogP contribution is -2.45. The minimum Gasteiger partial charge on any atom is -0.377 e. The summed E-state index contributed by atoms with van der Waals surface area (Å²) in [5, 5.41) is -0.421. The molecule has 0 spiro atoms. The van der Waals surface area contributed by atoms with Gasteiger partial charge in [0.05, 0.1) is 6.10 Å². The molecule has 0 N–H and O–H groups in total. The Bertz CT molecular complexity index is 195. The SMILES string of the molecule is CCOC1CCCN(C(=O)C(C)Cl)C1. The molecule has 3 nitrogen and oxygen atoms in total. The van der Waals surface area contributed by atoms with Crippen molar-refractivity contribution < 1.29 is 9.53 Å². The fourth-order valence-electron chi connectivity index (χ4n) is 1.76. The number of likely N-dealkylation sites (tertiary alicyclic amines) is 1. The molecule has 0 radical (unpaired) electrons. The summed E-state index contributed by atoms with van der Waals surface area (Å²) < 4.78 is 5.51. The van der Waals surface area contributed by atoms with Crippen molar-refractivity contribution in [1.82, 2.24) is 4.90 Å². The van der Waals surface area contributed by atoms with E-state index >= 15 is 0 Å². The molecule has 82 valence electrons. The zero-order chi connectivity index (χ0) is 10.6. The highest BCUT2D eigenvalue weighted by molar-refractivity contribution is 6.30. The van der Waals surface area contributed by atoms with Crippen LogP contribution in [0.1, 0.15) is 26.7 Å². The Morgan fingerprint density at radius 1 is 1.71 bits per heavy atom. The average Bonchev–Trinajstić information content (AvgIpc) is 2.17. The van der Waals surface area contributed by atoms with Crippen LogP contribution in [0, 0.1) is 0 Å². The van der Waals surface area contributed by atoms with Crippen LogP contribution in [0.25, 0.3) is 0 Å².